The molecule has 1 fully saturated rings. The molecule has 0 aliphatic carbocycles. The molecule has 1 aliphatic rings. The first-order chi connectivity index (χ1) is 8.79. The van der Waals surface area contributed by atoms with Gasteiger partial charge in [0.05, 0.1) is 6.54 Å². The van der Waals surface area contributed by atoms with Crippen LogP contribution in [0.4, 0.5) is 0 Å². The summed E-state index contributed by atoms with van der Waals surface area (Å²) in [7, 11) is 0. The summed E-state index contributed by atoms with van der Waals surface area (Å²) in [5, 5.41) is 14.0. The zero-order valence-electron chi connectivity index (χ0n) is 10.9. The van der Waals surface area contributed by atoms with Crippen molar-refractivity contribution in [1.82, 2.24) is 25.4 Å². The Balaban J connectivity index is 1.68. The molecule has 1 aliphatic heterocycles. The first kappa shape index (κ1) is 13.0. The minimum absolute atomic E-state index is 0.104. The molecule has 1 atom stereocenters. The van der Waals surface area contributed by atoms with Crippen LogP contribution in [-0.2, 0) is 17.9 Å². The zero-order chi connectivity index (χ0) is 12.8. The third-order valence-corrected chi connectivity index (χ3v) is 3.42. The third kappa shape index (κ3) is 3.53. The Kier molecular flexibility index (Phi) is 4.69. The van der Waals surface area contributed by atoms with E-state index in [1.807, 2.05) is 11.5 Å². The maximum Gasteiger partial charge on any atom is 0.220 e. The van der Waals surface area contributed by atoms with Gasteiger partial charge in [0.2, 0.25) is 5.91 Å². The van der Waals surface area contributed by atoms with E-state index in [4.69, 9.17) is 0 Å². The van der Waals surface area contributed by atoms with Gasteiger partial charge >= 0.3 is 0 Å². The number of hydrogen-bond acceptors (Lipinski definition) is 4. The number of amides is 1. The van der Waals surface area contributed by atoms with Crippen molar-refractivity contribution in [2.45, 2.75) is 39.3 Å². The maximum atomic E-state index is 11.7. The lowest BCUT2D eigenvalue weighted by molar-refractivity contribution is -0.121. The molecule has 2 rings (SSSR count). The van der Waals surface area contributed by atoms with Crippen molar-refractivity contribution in [2.75, 3.05) is 13.1 Å². The van der Waals surface area contributed by atoms with Crippen LogP contribution in [0.5, 0.6) is 0 Å². The highest BCUT2D eigenvalue weighted by molar-refractivity contribution is 5.75. The molecule has 1 unspecified atom stereocenters. The van der Waals surface area contributed by atoms with Crippen molar-refractivity contribution < 1.29 is 4.79 Å². The number of nitrogens with one attached hydrogen (secondary N) is 2. The van der Waals surface area contributed by atoms with Gasteiger partial charge in [-0.15, -0.1) is 10.2 Å². The standard InChI is InChI=1S/C12H21N5O/c1-2-17-9-15-16-11(17)8-14-12(18)4-3-10-5-6-13-7-10/h9-10,13H,2-8H2,1H3,(H,14,18). The van der Waals surface area contributed by atoms with Gasteiger partial charge in [0, 0.05) is 13.0 Å². The normalized spacial score (nSPS) is 19.1. The van der Waals surface area contributed by atoms with Crippen molar-refractivity contribution in [3.05, 3.63) is 12.2 Å². The molecule has 1 aromatic rings. The minimum atomic E-state index is 0.104. The van der Waals surface area contributed by atoms with E-state index in [9.17, 15) is 4.79 Å². The predicted molar refractivity (Wildman–Crippen MR) is 67.8 cm³/mol. The average Bonchev–Trinajstić information content (AvgIpc) is 3.04. The van der Waals surface area contributed by atoms with Gasteiger partial charge in [-0.25, -0.2) is 0 Å². The highest BCUT2D eigenvalue weighted by Gasteiger charge is 2.15. The van der Waals surface area contributed by atoms with Crippen LogP contribution < -0.4 is 10.6 Å². The smallest absolute Gasteiger partial charge is 0.220 e. The summed E-state index contributed by atoms with van der Waals surface area (Å²) in [5.74, 6) is 1.58. The molecular weight excluding hydrogens is 230 g/mol. The van der Waals surface area contributed by atoms with Gasteiger partial charge in [-0.1, -0.05) is 0 Å². The Hall–Kier alpha value is -1.43. The maximum absolute atomic E-state index is 11.7. The topological polar surface area (TPSA) is 71.8 Å². The van der Waals surface area contributed by atoms with Crippen LogP contribution in [0.15, 0.2) is 6.33 Å². The van der Waals surface area contributed by atoms with Gasteiger partial charge in [-0.05, 0) is 38.8 Å². The van der Waals surface area contributed by atoms with Crippen molar-refractivity contribution in [3.63, 3.8) is 0 Å². The van der Waals surface area contributed by atoms with E-state index >= 15 is 0 Å². The Bertz CT molecular complexity index is 384. The summed E-state index contributed by atoms with van der Waals surface area (Å²) in [4.78, 5) is 11.7. The van der Waals surface area contributed by atoms with Gasteiger partial charge in [0.1, 0.15) is 6.33 Å². The van der Waals surface area contributed by atoms with Crippen molar-refractivity contribution in [1.29, 1.82) is 0 Å². The Morgan fingerprint density at radius 3 is 3.28 bits per heavy atom. The second-order valence-corrected chi connectivity index (χ2v) is 4.71. The number of rotatable bonds is 6. The number of hydrogen-bond donors (Lipinski definition) is 2. The van der Waals surface area contributed by atoms with E-state index in [1.54, 1.807) is 6.33 Å². The Morgan fingerprint density at radius 1 is 1.67 bits per heavy atom. The fraction of sp³-hybridized carbons (Fsp3) is 0.750. The third-order valence-electron chi connectivity index (χ3n) is 3.42. The lowest BCUT2D eigenvalue weighted by Gasteiger charge is -2.08. The molecule has 0 aromatic carbocycles. The second kappa shape index (κ2) is 6.49. The van der Waals surface area contributed by atoms with Gasteiger partial charge < -0.3 is 15.2 Å². The lowest BCUT2D eigenvalue weighted by Crippen LogP contribution is -2.25. The van der Waals surface area contributed by atoms with Gasteiger partial charge in [0.15, 0.2) is 5.82 Å². The van der Waals surface area contributed by atoms with E-state index < -0.39 is 0 Å². The molecule has 0 saturated carbocycles. The van der Waals surface area contributed by atoms with E-state index in [2.05, 4.69) is 20.8 Å². The molecule has 1 aromatic heterocycles. The molecule has 18 heavy (non-hydrogen) atoms. The van der Waals surface area contributed by atoms with Crippen molar-refractivity contribution in [3.8, 4) is 0 Å². The number of carbonyl (C=O) groups excluding carboxylic acids is 1. The number of aryl methyl sites for hydroxylation is 1. The molecule has 100 valence electrons. The van der Waals surface area contributed by atoms with Crippen LogP contribution in [0, 0.1) is 5.92 Å². The highest BCUT2D eigenvalue weighted by Crippen LogP contribution is 2.13. The van der Waals surface area contributed by atoms with E-state index in [0.29, 0.717) is 18.9 Å². The molecule has 6 nitrogen and oxygen atoms in total. The summed E-state index contributed by atoms with van der Waals surface area (Å²) in [6.45, 7) is 5.46. The molecule has 0 bridgehead atoms. The highest BCUT2D eigenvalue weighted by atomic mass is 16.1. The molecule has 2 N–H and O–H groups in total. The minimum Gasteiger partial charge on any atom is -0.349 e. The average molecular weight is 251 g/mol. The summed E-state index contributed by atoms with van der Waals surface area (Å²) in [5.41, 5.74) is 0. The van der Waals surface area contributed by atoms with Gasteiger partial charge in [0.25, 0.3) is 0 Å². The predicted octanol–water partition coefficient (Wildman–Crippen LogP) is 0.304. The number of nitrogens with zero attached hydrogens (tertiary/aromatic N) is 3. The van der Waals surface area contributed by atoms with Crippen LogP contribution in [0.3, 0.4) is 0 Å². The van der Waals surface area contributed by atoms with Crippen LogP contribution in [-0.4, -0.2) is 33.8 Å². The van der Waals surface area contributed by atoms with Gasteiger partial charge in [-0.2, -0.15) is 0 Å². The largest absolute Gasteiger partial charge is 0.349 e. The quantitative estimate of drug-likeness (QED) is 0.763. The molecule has 6 heteroatoms. The molecule has 0 spiro atoms. The summed E-state index contributed by atoms with van der Waals surface area (Å²) >= 11 is 0. The SMILES string of the molecule is CCn1cnnc1CNC(=O)CCC1CCNC1. The molecule has 1 saturated heterocycles. The van der Waals surface area contributed by atoms with Crippen molar-refractivity contribution >= 4 is 5.91 Å². The first-order valence-electron chi connectivity index (χ1n) is 6.63. The van der Waals surface area contributed by atoms with Crippen molar-refractivity contribution in [2.24, 2.45) is 5.92 Å². The summed E-state index contributed by atoms with van der Waals surface area (Å²) < 4.78 is 1.93. The number of carbonyl (C=O) groups is 1. The monoisotopic (exact) mass is 251 g/mol. The first-order valence-corrected chi connectivity index (χ1v) is 6.63. The van der Waals surface area contributed by atoms with E-state index in [1.165, 1.54) is 6.42 Å². The molecule has 1 amide bonds. The van der Waals surface area contributed by atoms with Crippen LogP contribution in [0.1, 0.15) is 32.0 Å². The number of aromatic nitrogens is 3. The molecular formula is C12H21N5O. The zero-order valence-corrected chi connectivity index (χ0v) is 10.9. The fourth-order valence-corrected chi connectivity index (χ4v) is 2.24. The molecule has 2 heterocycles. The van der Waals surface area contributed by atoms with E-state index in [-0.39, 0.29) is 5.91 Å². The van der Waals surface area contributed by atoms with E-state index in [0.717, 1.165) is 31.9 Å². The molecule has 0 radical (unpaired) electrons. The van der Waals surface area contributed by atoms with Gasteiger partial charge in [-0.3, -0.25) is 4.79 Å². The van der Waals surface area contributed by atoms with Crippen LogP contribution in [0.2, 0.25) is 0 Å². The Labute approximate surface area is 107 Å². The second-order valence-electron chi connectivity index (χ2n) is 4.71. The summed E-state index contributed by atoms with van der Waals surface area (Å²) in [6, 6.07) is 0. The fourth-order valence-electron chi connectivity index (χ4n) is 2.24. The summed E-state index contributed by atoms with van der Waals surface area (Å²) in [6.07, 6.45) is 4.45. The van der Waals surface area contributed by atoms with Crippen LogP contribution in [0.25, 0.3) is 0 Å². The lowest BCUT2D eigenvalue weighted by atomic mass is 10.0. The Morgan fingerprint density at radius 2 is 2.56 bits per heavy atom. The van der Waals surface area contributed by atoms with Crippen LogP contribution >= 0.6 is 0 Å².